The predicted octanol–water partition coefficient (Wildman–Crippen LogP) is 3.17. The van der Waals surface area contributed by atoms with E-state index in [0.717, 1.165) is 63.2 Å². The smallest absolute Gasteiger partial charge is 0.220 e. The van der Waals surface area contributed by atoms with E-state index >= 15 is 0 Å². The van der Waals surface area contributed by atoms with Crippen LogP contribution in [0.15, 0.2) is 54.7 Å². The fraction of sp³-hybridized carbons (Fsp3) is 0.391. The number of aromatic nitrogens is 3. The van der Waals surface area contributed by atoms with Gasteiger partial charge in [-0.3, -0.25) is 9.80 Å². The molecule has 3 aromatic rings. The van der Waals surface area contributed by atoms with Gasteiger partial charge in [0.25, 0.3) is 0 Å². The zero-order chi connectivity index (χ0) is 19.6. The number of aromatic hydroxyl groups is 1. The molecule has 0 amide bonds. The molecule has 1 saturated heterocycles. The van der Waals surface area contributed by atoms with E-state index in [4.69, 9.17) is 5.10 Å². The maximum Gasteiger partial charge on any atom is 0.220 e. The van der Waals surface area contributed by atoms with Crippen molar-refractivity contribution < 1.29 is 5.11 Å². The van der Waals surface area contributed by atoms with Crippen molar-refractivity contribution in [1.29, 1.82) is 0 Å². The second-order valence-electron chi connectivity index (χ2n) is 7.99. The van der Waals surface area contributed by atoms with E-state index in [2.05, 4.69) is 45.1 Å². The second-order valence-corrected chi connectivity index (χ2v) is 7.99. The molecule has 150 valence electrons. The van der Waals surface area contributed by atoms with Crippen molar-refractivity contribution in [3.8, 4) is 11.7 Å². The summed E-state index contributed by atoms with van der Waals surface area (Å²) in [6, 6.07) is 16.6. The van der Waals surface area contributed by atoms with Gasteiger partial charge in [-0.15, -0.1) is 0 Å². The molecule has 1 unspecified atom stereocenters. The molecule has 2 aliphatic rings. The van der Waals surface area contributed by atoms with Gasteiger partial charge in [-0.2, -0.15) is 9.78 Å². The van der Waals surface area contributed by atoms with Gasteiger partial charge in [-0.25, -0.2) is 4.98 Å². The van der Waals surface area contributed by atoms with Gasteiger partial charge in [0.1, 0.15) is 0 Å². The van der Waals surface area contributed by atoms with Crippen LogP contribution in [0.2, 0.25) is 0 Å². The summed E-state index contributed by atoms with van der Waals surface area (Å²) in [5.74, 6) is 0.931. The molecule has 1 aliphatic heterocycles. The summed E-state index contributed by atoms with van der Waals surface area (Å²) in [5, 5.41) is 15.7. The summed E-state index contributed by atoms with van der Waals surface area (Å²) in [7, 11) is 0. The van der Waals surface area contributed by atoms with Crippen LogP contribution >= 0.6 is 0 Å². The van der Waals surface area contributed by atoms with E-state index in [1.54, 1.807) is 10.9 Å². The Morgan fingerprint density at radius 3 is 2.52 bits per heavy atom. The molecule has 1 atom stereocenters. The highest BCUT2D eigenvalue weighted by molar-refractivity contribution is 5.41. The molecule has 5 rings (SSSR count). The molecule has 1 N–H and O–H groups in total. The van der Waals surface area contributed by atoms with Gasteiger partial charge in [0.15, 0.2) is 5.82 Å². The van der Waals surface area contributed by atoms with Crippen LogP contribution in [0.25, 0.3) is 5.82 Å². The van der Waals surface area contributed by atoms with Crippen molar-refractivity contribution in [3.63, 3.8) is 0 Å². The number of rotatable bonds is 4. The Kier molecular flexibility index (Phi) is 5.04. The molecule has 6 heteroatoms. The van der Waals surface area contributed by atoms with Gasteiger partial charge in [-0.05, 0) is 37.0 Å². The number of aryl methyl sites for hydroxylation is 1. The molecule has 1 aromatic carbocycles. The fourth-order valence-corrected chi connectivity index (χ4v) is 4.68. The molecule has 1 fully saturated rings. The SMILES string of the molecule is Oc1c2c(nn1-c1ccccn1)CCCC2N1CCN(Cc2ccccc2)CC1. The van der Waals surface area contributed by atoms with Crippen LogP contribution < -0.4 is 0 Å². The monoisotopic (exact) mass is 389 g/mol. The Hall–Kier alpha value is -2.70. The van der Waals surface area contributed by atoms with E-state index in [-0.39, 0.29) is 11.9 Å². The third-order valence-corrected chi connectivity index (χ3v) is 6.16. The summed E-state index contributed by atoms with van der Waals surface area (Å²) in [6.07, 6.45) is 4.85. The van der Waals surface area contributed by atoms with Crippen molar-refractivity contribution in [2.75, 3.05) is 26.2 Å². The topological polar surface area (TPSA) is 57.4 Å². The first-order valence-corrected chi connectivity index (χ1v) is 10.5. The van der Waals surface area contributed by atoms with Gasteiger partial charge in [-0.1, -0.05) is 36.4 Å². The van der Waals surface area contributed by atoms with Crippen molar-refractivity contribution >= 4 is 0 Å². The van der Waals surface area contributed by atoms with Crippen molar-refractivity contribution in [3.05, 3.63) is 71.5 Å². The Bertz CT molecular complexity index is 948. The minimum absolute atomic E-state index is 0.245. The first-order valence-electron chi connectivity index (χ1n) is 10.5. The molecule has 0 bridgehead atoms. The number of hydrogen-bond donors (Lipinski definition) is 1. The van der Waals surface area contributed by atoms with Crippen LogP contribution in [0.3, 0.4) is 0 Å². The first-order chi connectivity index (χ1) is 14.3. The Balaban J connectivity index is 1.32. The van der Waals surface area contributed by atoms with E-state index in [9.17, 15) is 5.11 Å². The summed E-state index contributed by atoms with van der Waals surface area (Å²) in [6.45, 7) is 5.15. The van der Waals surface area contributed by atoms with Gasteiger partial charge >= 0.3 is 0 Å². The van der Waals surface area contributed by atoms with E-state index < -0.39 is 0 Å². The summed E-state index contributed by atoms with van der Waals surface area (Å²) < 4.78 is 1.61. The first kappa shape index (κ1) is 18.3. The fourth-order valence-electron chi connectivity index (χ4n) is 4.68. The molecule has 29 heavy (non-hydrogen) atoms. The maximum atomic E-state index is 11.0. The number of fused-ring (bicyclic) bond motifs is 1. The lowest BCUT2D eigenvalue weighted by molar-refractivity contribution is 0.0830. The minimum Gasteiger partial charge on any atom is -0.493 e. The van der Waals surface area contributed by atoms with E-state index in [0.29, 0.717) is 5.82 Å². The zero-order valence-electron chi connectivity index (χ0n) is 16.6. The van der Waals surface area contributed by atoms with Crippen molar-refractivity contribution in [2.45, 2.75) is 31.8 Å². The molecule has 0 radical (unpaired) electrons. The lowest BCUT2D eigenvalue weighted by Gasteiger charge is -2.40. The molecule has 3 heterocycles. The standard InChI is InChI=1S/C23H27N5O/c29-23-22-19(25-28(23)21-11-4-5-12-24-21)9-6-10-20(22)27-15-13-26(14-16-27)17-18-7-2-1-3-8-18/h1-5,7-8,11-12,20,29H,6,9-10,13-17H2. The van der Waals surface area contributed by atoms with Crippen LogP contribution in [0.1, 0.15) is 35.7 Å². The van der Waals surface area contributed by atoms with Crippen molar-refractivity contribution in [1.82, 2.24) is 24.6 Å². The Morgan fingerprint density at radius 2 is 1.76 bits per heavy atom. The minimum atomic E-state index is 0.245. The van der Waals surface area contributed by atoms with Crippen molar-refractivity contribution in [2.24, 2.45) is 0 Å². The molecular formula is C23H27N5O. The van der Waals surface area contributed by atoms with Gasteiger partial charge < -0.3 is 5.11 Å². The summed E-state index contributed by atoms with van der Waals surface area (Å²) >= 11 is 0. The largest absolute Gasteiger partial charge is 0.493 e. The predicted molar refractivity (Wildman–Crippen MR) is 112 cm³/mol. The van der Waals surface area contributed by atoms with Crippen LogP contribution in [0, 0.1) is 0 Å². The van der Waals surface area contributed by atoms with Gasteiger partial charge in [0.2, 0.25) is 5.88 Å². The molecule has 0 spiro atoms. The number of benzene rings is 1. The summed E-state index contributed by atoms with van der Waals surface area (Å²) in [5.41, 5.74) is 3.41. The lowest BCUT2D eigenvalue weighted by atomic mass is 9.91. The van der Waals surface area contributed by atoms with Crippen LogP contribution in [-0.2, 0) is 13.0 Å². The number of piperazine rings is 1. The Morgan fingerprint density at radius 1 is 0.966 bits per heavy atom. The van der Waals surface area contributed by atoms with Gasteiger partial charge in [0.05, 0.1) is 11.3 Å². The highest BCUT2D eigenvalue weighted by Crippen LogP contribution is 2.40. The summed E-state index contributed by atoms with van der Waals surface area (Å²) in [4.78, 5) is 9.41. The Labute approximate surface area is 171 Å². The number of pyridine rings is 1. The van der Waals surface area contributed by atoms with Gasteiger partial charge in [0, 0.05) is 45.0 Å². The molecular weight excluding hydrogens is 362 g/mol. The second kappa shape index (κ2) is 7.97. The quantitative estimate of drug-likeness (QED) is 0.743. The average molecular weight is 390 g/mol. The molecule has 1 aliphatic carbocycles. The lowest BCUT2D eigenvalue weighted by Crippen LogP contribution is -2.47. The third kappa shape index (κ3) is 3.66. The molecule has 2 aromatic heterocycles. The normalized spacial score (nSPS) is 20.5. The number of hydrogen-bond acceptors (Lipinski definition) is 5. The maximum absolute atomic E-state index is 11.0. The average Bonchev–Trinajstić information content (AvgIpc) is 3.12. The van der Waals surface area contributed by atoms with Crippen LogP contribution in [0.4, 0.5) is 0 Å². The third-order valence-electron chi connectivity index (χ3n) is 6.16. The molecule has 6 nitrogen and oxygen atoms in total. The van der Waals surface area contributed by atoms with E-state index in [1.165, 1.54) is 5.56 Å². The van der Waals surface area contributed by atoms with E-state index in [1.807, 2.05) is 18.2 Å². The highest BCUT2D eigenvalue weighted by atomic mass is 16.3. The molecule has 0 saturated carbocycles. The van der Waals surface area contributed by atoms with Crippen LogP contribution in [0.5, 0.6) is 5.88 Å². The number of nitrogens with zero attached hydrogens (tertiary/aromatic N) is 5. The van der Waals surface area contributed by atoms with Crippen LogP contribution in [-0.4, -0.2) is 55.8 Å². The zero-order valence-corrected chi connectivity index (χ0v) is 16.6. The highest BCUT2D eigenvalue weighted by Gasteiger charge is 2.34.